The molecule has 1 amide bonds. The Bertz CT molecular complexity index is 1260. The summed E-state index contributed by atoms with van der Waals surface area (Å²) < 4.78 is 47.4. The molecule has 11 heteroatoms. The van der Waals surface area contributed by atoms with Crippen LogP contribution in [0.1, 0.15) is 16.8 Å². The van der Waals surface area contributed by atoms with E-state index in [1.807, 2.05) is 0 Å². The number of nitrogens with two attached hydrogens (primary N) is 1. The van der Waals surface area contributed by atoms with E-state index in [0.29, 0.717) is 11.4 Å². The van der Waals surface area contributed by atoms with E-state index in [2.05, 4.69) is 15.3 Å². The minimum atomic E-state index is -4.77. The number of aromatic nitrogens is 2. The van der Waals surface area contributed by atoms with Crippen molar-refractivity contribution in [1.82, 2.24) is 9.55 Å². The Labute approximate surface area is 173 Å². The summed E-state index contributed by atoms with van der Waals surface area (Å²) in [6.45, 7) is 0. The first-order chi connectivity index (χ1) is 14.7. The summed E-state index contributed by atoms with van der Waals surface area (Å²) in [7, 11) is 1.41. The molecule has 2 heterocycles. The maximum atomic E-state index is 13.7. The summed E-state index contributed by atoms with van der Waals surface area (Å²) in [4.78, 5) is 31.7. The van der Waals surface area contributed by atoms with Gasteiger partial charge in [0.05, 0.1) is 24.6 Å². The third-order valence-electron chi connectivity index (χ3n) is 4.91. The average molecular weight is 431 g/mol. The van der Waals surface area contributed by atoms with Gasteiger partial charge < -0.3 is 20.8 Å². The number of carbonyl (C=O) groups excluding carboxylic acids is 1. The predicted molar refractivity (Wildman–Crippen MR) is 106 cm³/mol. The number of nitrogens with zero attached hydrogens (tertiary/aromatic N) is 2. The van der Waals surface area contributed by atoms with Gasteiger partial charge in [0, 0.05) is 5.56 Å². The summed E-state index contributed by atoms with van der Waals surface area (Å²) in [6.07, 6.45) is -3.66. The Morgan fingerprint density at radius 1 is 1.16 bits per heavy atom. The first-order valence-electron chi connectivity index (χ1n) is 8.97. The van der Waals surface area contributed by atoms with E-state index >= 15 is 0 Å². The molecule has 0 saturated carbocycles. The number of carbonyl (C=O) groups is 1. The van der Waals surface area contributed by atoms with Crippen LogP contribution in [-0.2, 0) is 16.6 Å². The molecular weight excluding hydrogens is 415 g/mol. The number of amides is 1. The Balaban J connectivity index is 1.96. The molecule has 0 radical (unpaired) electrons. The van der Waals surface area contributed by atoms with Gasteiger partial charge in [-0.3, -0.25) is 4.79 Å². The van der Waals surface area contributed by atoms with Crippen LogP contribution >= 0.6 is 0 Å². The number of imidazole rings is 1. The summed E-state index contributed by atoms with van der Waals surface area (Å²) in [5.74, 6) is -0.831. The van der Waals surface area contributed by atoms with Crippen LogP contribution < -0.4 is 21.5 Å². The minimum Gasteiger partial charge on any atom is -0.495 e. The fourth-order valence-electron chi connectivity index (χ4n) is 3.52. The van der Waals surface area contributed by atoms with E-state index in [4.69, 9.17) is 10.5 Å². The van der Waals surface area contributed by atoms with Crippen LogP contribution in [0.25, 0.3) is 5.69 Å². The van der Waals surface area contributed by atoms with Crippen molar-refractivity contribution in [2.75, 3.05) is 12.4 Å². The molecule has 1 atom stereocenters. The van der Waals surface area contributed by atoms with Crippen LogP contribution in [0.15, 0.2) is 58.3 Å². The van der Waals surface area contributed by atoms with Crippen LogP contribution in [0.3, 0.4) is 0 Å². The third kappa shape index (κ3) is 3.14. The van der Waals surface area contributed by atoms with E-state index in [-0.39, 0.29) is 11.5 Å². The van der Waals surface area contributed by atoms with Crippen molar-refractivity contribution in [2.24, 2.45) is 10.7 Å². The predicted octanol–water partition coefficient (Wildman–Crippen LogP) is 2.38. The Hall–Kier alpha value is -4.02. The summed E-state index contributed by atoms with van der Waals surface area (Å²) in [5, 5.41) is 2.68. The zero-order valence-corrected chi connectivity index (χ0v) is 16.0. The zero-order valence-electron chi connectivity index (χ0n) is 16.0. The van der Waals surface area contributed by atoms with Gasteiger partial charge in [0.1, 0.15) is 17.3 Å². The van der Waals surface area contributed by atoms with Gasteiger partial charge in [-0.15, -0.1) is 0 Å². The standard InChI is InChI=1S/C20H16F3N5O3/c1-31-15-9-5-4-8-14(15)28-16-13(26-18(28)30)10-25-19(27-16,17(24)29)11-6-2-3-7-12(11)20(21,22)23/h2-10,27H,1H3,(H2,24,29)(H,26,30). The van der Waals surface area contributed by atoms with Crippen molar-refractivity contribution in [3.05, 3.63) is 75.8 Å². The number of H-pyrrole nitrogens is 1. The van der Waals surface area contributed by atoms with E-state index in [1.165, 1.54) is 19.2 Å². The zero-order chi connectivity index (χ0) is 22.4. The second-order valence-corrected chi connectivity index (χ2v) is 6.70. The highest BCUT2D eigenvalue weighted by atomic mass is 19.4. The van der Waals surface area contributed by atoms with Crippen LogP contribution in [0.2, 0.25) is 0 Å². The van der Waals surface area contributed by atoms with E-state index in [9.17, 15) is 22.8 Å². The number of benzene rings is 2. The highest BCUT2D eigenvalue weighted by Gasteiger charge is 2.47. The molecule has 31 heavy (non-hydrogen) atoms. The van der Waals surface area contributed by atoms with Crippen LogP contribution in [0.5, 0.6) is 5.75 Å². The summed E-state index contributed by atoms with van der Waals surface area (Å²) in [5.41, 5.74) is 1.54. The maximum absolute atomic E-state index is 13.7. The molecule has 160 valence electrons. The number of halogens is 3. The highest BCUT2D eigenvalue weighted by molar-refractivity contribution is 5.97. The quantitative estimate of drug-likeness (QED) is 0.588. The fourth-order valence-corrected chi connectivity index (χ4v) is 3.52. The molecule has 3 aromatic rings. The second-order valence-electron chi connectivity index (χ2n) is 6.70. The largest absolute Gasteiger partial charge is 0.495 e. The van der Waals surface area contributed by atoms with Crippen LogP contribution in [0.4, 0.5) is 19.0 Å². The summed E-state index contributed by atoms with van der Waals surface area (Å²) >= 11 is 0. The number of anilines is 1. The van der Waals surface area contributed by atoms with Gasteiger partial charge in [-0.2, -0.15) is 13.2 Å². The number of para-hydroxylation sites is 2. The third-order valence-corrected chi connectivity index (χ3v) is 4.91. The highest BCUT2D eigenvalue weighted by Crippen LogP contribution is 2.41. The monoisotopic (exact) mass is 431 g/mol. The SMILES string of the molecule is COc1ccccc1-n1c2c([nH]c1=O)C=NC(C(N)=O)(c1ccccc1C(F)(F)F)N2. The molecule has 0 fully saturated rings. The lowest BCUT2D eigenvalue weighted by Crippen LogP contribution is -2.49. The van der Waals surface area contributed by atoms with Crippen LogP contribution in [-0.4, -0.2) is 28.8 Å². The molecule has 0 spiro atoms. The fraction of sp³-hybridized carbons (Fsp3) is 0.150. The number of hydrogen-bond acceptors (Lipinski definition) is 5. The molecule has 1 aromatic heterocycles. The molecule has 1 aliphatic heterocycles. The number of ether oxygens (including phenoxy) is 1. The molecule has 0 aliphatic carbocycles. The number of nitrogens with one attached hydrogen (secondary N) is 2. The van der Waals surface area contributed by atoms with Crippen LogP contribution in [0, 0.1) is 0 Å². The first-order valence-corrected chi connectivity index (χ1v) is 8.97. The topological polar surface area (TPSA) is 114 Å². The van der Waals surface area contributed by atoms with E-state index < -0.39 is 34.6 Å². The molecule has 4 N–H and O–H groups in total. The number of methoxy groups -OCH3 is 1. The van der Waals surface area contributed by atoms with Gasteiger partial charge in [0.25, 0.3) is 5.91 Å². The normalized spacial score (nSPS) is 17.7. The van der Waals surface area contributed by atoms with E-state index in [0.717, 1.165) is 22.9 Å². The average Bonchev–Trinajstić information content (AvgIpc) is 3.07. The van der Waals surface area contributed by atoms with Gasteiger partial charge in [0.15, 0.2) is 0 Å². The lowest BCUT2D eigenvalue weighted by molar-refractivity contribution is -0.139. The van der Waals surface area contributed by atoms with Gasteiger partial charge >= 0.3 is 11.9 Å². The van der Waals surface area contributed by atoms with Gasteiger partial charge in [0.2, 0.25) is 5.66 Å². The van der Waals surface area contributed by atoms with Gasteiger partial charge in [-0.1, -0.05) is 30.3 Å². The van der Waals surface area contributed by atoms with Crippen molar-refractivity contribution < 1.29 is 22.7 Å². The lowest BCUT2D eigenvalue weighted by Gasteiger charge is -2.33. The number of hydrogen-bond donors (Lipinski definition) is 3. The minimum absolute atomic E-state index is 0.0141. The first kappa shape index (κ1) is 20.3. The number of alkyl halides is 3. The molecule has 0 saturated heterocycles. The number of primary amides is 1. The Morgan fingerprint density at radius 2 is 1.84 bits per heavy atom. The van der Waals surface area contributed by atoms with Crippen molar-refractivity contribution >= 4 is 17.9 Å². The Morgan fingerprint density at radius 3 is 2.52 bits per heavy atom. The molecule has 4 rings (SSSR count). The number of aliphatic imine (C=N–C) groups is 1. The lowest BCUT2D eigenvalue weighted by atomic mass is 9.92. The maximum Gasteiger partial charge on any atom is 0.416 e. The van der Waals surface area contributed by atoms with E-state index in [1.54, 1.807) is 24.3 Å². The van der Waals surface area contributed by atoms with Gasteiger partial charge in [-0.25, -0.2) is 14.4 Å². The van der Waals surface area contributed by atoms with Crippen molar-refractivity contribution in [3.8, 4) is 11.4 Å². The van der Waals surface area contributed by atoms with Gasteiger partial charge in [-0.05, 0) is 18.2 Å². The molecule has 0 bridgehead atoms. The smallest absolute Gasteiger partial charge is 0.416 e. The number of aromatic amines is 1. The second kappa shape index (κ2) is 7.04. The van der Waals surface area contributed by atoms with Crippen molar-refractivity contribution in [1.29, 1.82) is 0 Å². The molecule has 2 aromatic carbocycles. The number of fused-ring (bicyclic) bond motifs is 1. The molecule has 8 nitrogen and oxygen atoms in total. The number of rotatable bonds is 4. The van der Waals surface area contributed by atoms with Crippen molar-refractivity contribution in [3.63, 3.8) is 0 Å². The molecule has 1 unspecified atom stereocenters. The molecule has 1 aliphatic rings. The summed E-state index contributed by atoms with van der Waals surface area (Å²) in [6, 6.07) is 11.0. The Kier molecular flexibility index (Phi) is 4.60. The van der Waals surface area contributed by atoms with Crippen molar-refractivity contribution in [2.45, 2.75) is 11.8 Å². The molecular formula is C20H16F3N5O3.